The van der Waals surface area contributed by atoms with Gasteiger partial charge in [0.05, 0.1) is 24.4 Å². The van der Waals surface area contributed by atoms with Gasteiger partial charge in [0, 0.05) is 41.3 Å². The van der Waals surface area contributed by atoms with E-state index in [0.29, 0.717) is 11.5 Å². The lowest BCUT2D eigenvalue weighted by atomic mass is 9.84. The van der Waals surface area contributed by atoms with Crippen molar-refractivity contribution in [2.45, 2.75) is 45.1 Å². The zero-order chi connectivity index (χ0) is 21.9. The second-order valence-electron chi connectivity index (χ2n) is 9.14. The minimum atomic E-state index is -0.000196. The Hall–Kier alpha value is -2.86. The maximum atomic E-state index is 13.0. The smallest absolute Gasteiger partial charge is 0.251 e. The molecule has 2 fully saturated rings. The molecule has 1 amide bonds. The summed E-state index contributed by atoms with van der Waals surface area (Å²) in [5.74, 6) is 0.589. The normalized spacial score (nSPS) is 18.6. The summed E-state index contributed by atoms with van der Waals surface area (Å²) < 4.78 is 5.45. The SMILES string of the molecule is CC(NC(=O)c1ccc2[nH]nc(-c3ccc(N4CCOCC4)cc3)c2c1)C1CCCCC1. The van der Waals surface area contributed by atoms with Crippen molar-refractivity contribution >= 4 is 22.5 Å². The van der Waals surface area contributed by atoms with E-state index in [2.05, 4.69) is 51.6 Å². The number of amides is 1. The minimum Gasteiger partial charge on any atom is -0.378 e. The zero-order valence-electron chi connectivity index (χ0n) is 18.8. The summed E-state index contributed by atoms with van der Waals surface area (Å²) in [6, 6.07) is 14.5. The lowest BCUT2D eigenvalue weighted by Gasteiger charge is -2.28. The molecule has 0 radical (unpaired) electrons. The highest BCUT2D eigenvalue weighted by molar-refractivity contribution is 6.01. The average molecular weight is 433 g/mol. The van der Waals surface area contributed by atoms with Crippen molar-refractivity contribution in [2.75, 3.05) is 31.2 Å². The van der Waals surface area contributed by atoms with E-state index in [-0.39, 0.29) is 11.9 Å². The van der Waals surface area contributed by atoms with E-state index in [0.717, 1.165) is 48.5 Å². The first-order chi connectivity index (χ1) is 15.7. The molecular weight excluding hydrogens is 400 g/mol. The maximum absolute atomic E-state index is 13.0. The fraction of sp³-hybridized carbons (Fsp3) is 0.462. The van der Waals surface area contributed by atoms with Crippen LogP contribution >= 0.6 is 0 Å². The van der Waals surface area contributed by atoms with Gasteiger partial charge in [-0.25, -0.2) is 0 Å². The zero-order valence-corrected chi connectivity index (χ0v) is 18.8. The summed E-state index contributed by atoms with van der Waals surface area (Å²) >= 11 is 0. The highest BCUT2D eigenvalue weighted by atomic mass is 16.5. The van der Waals surface area contributed by atoms with Crippen molar-refractivity contribution in [3.05, 3.63) is 48.0 Å². The molecule has 5 rings (SSSR count). The van der Waals surface area contributed by atoms with Gasteiger partial charge in [-0.1, -0.05) is 31.4 Å². The minimum absolute atomic E-state index is 0.000196. The molecule has 1 atom stereocenters. The first kappa shape index (κ1) is 21.0. The number of hydrogen-bond acceptors (Lipinski definition) is 4. The Morgan fingerprint density at radius 2 is 1.84 bits per heavy atom. The van der Waals surface area contributed by atoms with Crippen LogP contribution in [-0.4, -0.2) is 48.4 Å². The molecule has 2 heterocycles. The van der Waals surface area contributed by atoms with E-state index in [9.17, 15) is 4.79 Å². The van der Waals surface area contributed by atoms with Crippen LogP contribution in [0, 0.1) is 5.92 Å². The Kier molecular flexibility index (Phi) is 6.12. The Bertz CT molecular complexity index is 1060. The van der Waals surface area contributed by atoms with Crippen molar-refractivity contribution in [3.63, 3.8) is 0 Å². The van der Waals surface area contributed by atoms with E-state index < -0.39 is 0 Å². The number of hydrogen-bond donors (Lipinski definition) is 2. The van der Waals surface area contributed by atoms with Gasteiger partial charge in [0.1, 0.15) is 0 Å². The number of H-pyrrole nitrogens is 1. The molecule has 32 heavy (non-hydrogen) atoms. The van der Waals surface area contributed by atoms with Crippen LogP contribution in [0.2, 0.25) is 0 Å². The molecule has 1 aromatic heterocycles. The van der Waals surface area contributed by atoms with Gasteiger partial charge in [0.2, 0.25) is 0 Å². The van der Waals surface area contributed by atoms with Crippen molar-refractivity contribution in [3.8, 4) is 11.3 Å². The van der Waals surface area contributed by atoms with E-state index >= 15 is 0 Å². The Morgan fingerprint density at radius 1 is 1.09 bits per heavy atom. The van der Waals surface area contributed by atoms with E-state index in [1.165, 1.54) is 37.8 Å². The van der Waals surface area contributed by atoms with Crippen molar-refractivity contribution in [1.82, 2.24) is 15.5 Å². The predicted octanol–water partition coefficient (Wildman–Crippen LogP) is 4.77. The average Bonchev–Trinajstić information content (AvgIpc) is 3.28. The Labute approximate surface area is 189 Å². The van der Waals surface area contributed by atoms with Crippen molar-refractivity contribution in [2.24, 2.45) is 5.92 Å². The number of carbonyl (C=O) groups excluding carboxylic acids is 1. The first-order valence-corrected chi connectivity index (χ1v) is 11.9. The van der Waals surface area contributed by atoms with Crippen molar-refractivity contribution in [1.29, 1.82) is 0 Å². The second-order valence-corrected chi connectivity index (χ2v) is 9.14. The van der Waals surface area contributed by atoms with Crippen molar-refractivity contribution < 1.29 is 9.53 Å². The second kappa shape index (κ2) is 9.33. The van der Waals surface area contributed by atoms with Crippen LogP contribution in [-0.2, 0) is 4.74 Å². The van der Waals surface area contributed by atoms with Gasteiger partial charge in [0.25, 0.3) is 5.91 Å². The monoisotopic (exact) mass is 432 g/mol. The predicted molar refractivity (Wildman–Crippen MR) is 128 cm³/mol. The van der Waals surface area contributed by atoms with Gasteiger partial charge in [-0.3, -0.25) is 9.89 Å². The molecule has 0 bridgehead atoms. The van der Waals surface area contributed by atoms with Crippen LogP contribution in [0.25, 0.3) is 22.2 Å². The van der Waals surface area contributed by atoms with E-state index in [1.54, 1.807) is 0 Å². The summed E-state index contributed by atoms with van der Waals surface area (Å²) in [5.41, 5.74) is 4.75. The molecule has 1 aliphatic heterocycles. The molecular formula is C26H32N4O2. The lowest BCUT2D eigenvalue weighted by molar-refractivity contribution is 0.0919. The van der Waals surface area contributed by atoms with Gasteiger partial charge in [-0.2, -0.15) is 5.10 Å². The largest absolute Gasteiger partial charge is 0.378 e. The van der Waals surface area contributed by atoms with Gasteiger partial charge < -0.3 is 15.0 Å². The summed E-state index contributed by atoms with van der Waals surface area (Å²) in [6.07, 6.45) is 6.31. The molecule has 0 spiro atoms. The molecule has 3 aromatic rings. The number of morpholine rings is 1. The number of nitrogens with zero attached hydrogens (tertiary/aromatic N) is 2. The molecule has 2 aliphatic rings. The number of benzene rings is 2. The number of carbonyl (C=O) groups is 1. The molecule has 6 heteroatoms. The molecule has 1 aliphatic carbocycles. The standard InChI is InChI=1S/C26H32N4O2/c1-18(19-5-3-2-4-6-19)27-26(31)21-9-12-24-23(17-21)25(29-28-24)20-7-10-22(11-8-20)30-13-15-32-16-14-30/h7-12,17-19H,2-6,13-16H2,1H3,(H,27,31)(H,28,29). The third-order valence-corrected chi connectivity index (χ3v) is 7.06. The number of aromatic amines is 1. The topological polar surface area (TPSA) is 70.2 Å². The van der Waals surface area contributed by atoms with E-state index in [4.69, 9.17) is 4.74 Å². The van der Waals surface area contributed by atoms with Crippen LogP contribution in [0.1, 0.15) is 49.4 Å². The summed E-state index contributed by atoms with van der Waals surface area (Å²) in [6.45, 7) is 5.53. The Balaban J connectivity index is 1.35. The third kappa shape index (κ3) is 4.37. The van der Waals surface area contributed by atoms with Crippen LogP contribution in [0.3, 0.4) is 0 Å². The Morgan fingerprint density at radius 3 is 2.59 bits per heavy atom. The fourth-order valence-electron chi connectivity index (χ4n) is 5.07. The number of fused-ring (bicyclic) bond motifs is 1. The number of rotatable bonds is 5. The molecule has 6 nitrogen and oxygen atoms in total. The fourth-order valence-corrected chi connectivity index (χ4v) is 5.07. The highest BCUT2D eigenvalue weighted by Gasteiger charge is 2.22. The van der Waals surface area contributed by atoms with Gasteiger partial charge in [0.15, 0.2) is 0 Å². The van der Waals surface area contributed by atoms with Crippen LogP contribution in [0.4, 0.5) is 5.69 Å². The number of aromatic nitrogens is 2. The van der Waals surface area contributed by atoms with Crippen LogP contribution < -0.4 is 10.2 Å². The number of ether oxygens (including phenoxy) is 1. The summed E-state index contributed by atoms with van der Waals surface area (Å²) in [4.78, 5) is 15.3. The first-order valence-electron chi connectivity index (χ1n) is 11.9. The van der Waals surface area contributed by atoms with Crippen LogP contribution in [0.15, 0.2) is 42.5 Å². The number of nitrogens with one attached hydrogen (secondary N) is 2. The van der Waals surface area contributed by atoms with E-state index in [1.807, 2.05) is 18.2 Å². The maximum Gasteiger partial charge on any atom is 0.251 e. The third-order valence-electron chi connectivity index (χ3n) is 7.06. The molecule has 2 N–H and O–H groups in total. The molecule has 168 valence electrons. The number of anilines is 1. The molecule has 2 aromatic carbocycles. The lowest BCUT2D eigenvalue weighted by Crippen LogP contribution is -2.38. The molecule has 1 unspecified atom stereocenters. The van der Waals surface area contributed by atoms with Crippen LogP contribution in [0.5, 0.6) is 0 Å². The summed E-state index contributed by atoms with van der Waals surface area (Å²) in [5, 5.41) is 11.9. The van der Waals surface area contributed by atoms with Gasteiger partial charge >= 0.3 is 0 Å². The van der Waals surface area contributed by atoms with Gasteiger partial charge in [-0.15, -0.1) is 0 Å². The molecule has 1 saturated carbocycles. The molecule has 1 saturated heterocycles. The highest BCUT2D eigenvalue weighted by Crippen LogP contribution is 2.30. The quantitative estimate of drug-likeness (QED) is 0.610. The van der Waals surface area contributed by atoms with Gasteiger partial charge in [-0.05, 0) is 56.0 Å². The summed E-state index contributed by atoms with van der Waals surface area (Å²) in [7, 11) is 0.